The molecule has 0 aliphatic carbocycles. The van der Waals surface area contributed by atoms with Gasteiger partial charge < -0.3 is 10.6 Å². The molecule has 1 aliphatic rings. The Morgan fingerprint density at radius 3 is 2.79 bits per heavy atom. The van der Waals surface area contributed by atoms with Gasteiger partial charge in [0.15, 0.2) is 0 Å². The van der Waals surface area contributed by atoms with E-state index in [2.05, 4.69) is 10.3 Å². The van der Waals surface area contributed by atoms with Crippen LogP contribution >= 0.6 is 0 Å². The minimum atomic E-state index is -0.00431. The Morgan fingerprint density at radius 2 is 2.08 bits per heavy atom. The molecule has 1 aliphatic heterocycles. The van der Waals surface area contributed by atoms with Gasteiger partial charge in [-0.25, -0.2) is 4.68 Å². The summed E-state index contributed by atoms with van der Waals surface area (Å²) in [5, 5.41) is 8.44. The van der Waals surface area contributed by atoms with Crippen molar-refractivity contribution in [2.45, 2.75) is 51.6 Å². The zero-order chi connectivity index (χ0) is 17.1. The maximum atomic E-state index is 12.8. The van der Waals surface area contributed by atoms with Crippen LogP contribution in [0.15, 0.2) is 30.3 Å². The molecule has 1 saturated heterocycles. The van der Waals surface area contributed by atoms with Crippen LogP contribution in [-0.2, 0) is 11.2 Å². The molecular weight excluding hydrogens is 302 g/mol. The van der Waals surface area contributed by atoms with E-state index < -0.39 is 0 Å². The summed E-state index contributed by atoms with van der Waals surface area (Å²) in [6.07, 6.45) is 3.45. The molecule has 0 radical (unpaired) electrons. The van der Waals surface area contributed by atoms with E-state index in [1.54, 1.807) is 4.68 Å². The fraction of sp³-hybridized carbons (Fsp3) is 0.500. The van der Waals surface area contributed by atoms with Crippen molar-refractivity contribution in [3.63, 3.8) is 0 Å². The van der Waals surface area contributed by atoms with Crippen LogP contribution in [0.2, 0.25) is 0 Å². The number of aromatic nitrogens is 3. The first-order chi connectivity index (χ1) is 11.6. The molecule has 2 aromatic rings. The van der Waals surface area contributed by atoms with E-state index in [0.717, 1.165) is 42.9 Å². The molecule has 0 bridgehead atoms. The number of hydrogen-bond donors (Lipinski definition) is 1. The lowest BCUT2D eigenvalue weighted by Gasteiger charge is -2.38. The average Bonchev–Trinajstić information content (AvgIpc) is 2.96. The first-order valence-corrected chi connectivity index (χ1v) is 8.59. The number of carbonyl (C=O) groups is 1. The van der Waals surface area contributed by atoms with Crippen LogP contribution in [0.5, 0.6) is 0 Å². The highest BCUT2D eigenvalue weighted by molar-refractivity contribution is 5.79. The number of carbonyl (C=O) groups excluding carboxylic acids is 1. The molecule has 0 spiro atoms. The molecule has 6 nitrogen and oxygen atoms in total. The second-order valence-corrected chi connectivity index (χ2v) is 6.56. The fourth-order valence-electron chi connectivity index (χ4n) is 3.40. The number of nitrogens with two attached hydrogens (primary N) is 1. The summed E-state index contributed by atoms with van der Waals surface area (Å²) < 4.78 is 1.78. The fourth-order valence-corrected chi connectivity index (χ4v) is 3.40. The second-order valence-electron chi connectivity index (χ2n) is 6.56. The Balaban J connectivity index is 1.76. The zero-order valence-electron chi connectivity index (χ0n) is 14.4. The number of rotatable bonds is 4. The lowest BCUT2D eigenvalue weighted by atomic mass is 9.96. The van der Waals surface area contributed by atoms with Gasteiger partial charge in [0.25, 0.3) is 0 Å². The third-order valence-electron chi connectivity index (χ3n) is 4.79. The van der Waals surface area contributed by atoms with Gasteiger partial charge in [-0.2, -0.15) is 0 Å². The van der Waals surface area contributed by atoms with Crippen LogP contribution in [0, 0.1) is 6.92 Å². The van der Waals surface area contributed by atoms with Gasteiger partial charge in [-0.3, -0.25) is 4.79 Å². The van der Waals surface area contributed by atoms with Crippen molar-refractivity contribution in [2.75, 3.05) is 6.54 Å². The van der Waals surface area contributed by atoms with Crippen molar-refractivity contribution in [3.8, 4) is 5.69 Å². The van der Waals surface area contributed by atoms with E-state index in [0.29, 0.717) is 0 Å². The Hall–Kier alpha value is -2.21. The first-order valence-electron chi connectivity index (χ1n) is 8.59. The van der Waals surface area contributed by atoms with Crippen molar-refractivity contribution < 1.29 is 4.79 Å². The summed E-state index contributed by atoms with van der Waals surface area (Å²) in [4.78, 5) is 14.7. The van der Waals surface area contributed by atoms with E-state index in [1.807, 2.05) is 49.1 Å². The zero-order valence-corrected chi connectivity index (χ0v) is 14.4. The average molecular weight is 327 g/mol. The summed E-state index contributed by atoms with van der Waals surface area (Å²) in [7, 11) is 0. The third-order valence-corrected chi connectivity index (χ3v) is 4.79. The third kappa shape index (κ3) is 3.33. The molecule has 1 aromatic heterocycles. The lowest BCUT2D eigenvalue weighted by molar-refractivity contribution is -0.134. The van der Waals surface area contributed by atoms with Crippen LogP contribution in [0.4, 0.5) is 0 Å². The predicted molar refractivity (Wildman–Crippen MR) is 92.8 cm³/mol. The SMILES string of the molecule is Cc1c(CC(=O)N2CCCCC2C(C)N)nnn1-c1ccccc1. The molecule has 2 N–H and O–H groups in total. The summed E-state index contributed by atoms with van der Waals surface area (Å²) in [5.74, 6) is 0.0974. The number of hydrogen-bond acceptors (Lipinski definition) is 4. The van der Waals surface area contributed by atoms with E-state index in [4.69, 9.17) is 5.73 Å². The van der Waals surface area contributed by atoms with Crippen molar-refractivity contribution in [3.05, 3.63) is 41.7 Å². The molecule has 3 rings (SSSR count). The molecular formula is C18H25N5O. The molecule has 2 atom stereocenters. The summed E-state index contributed by atoms with van der Waals surface area (Å²) in [6, 6.07) is 9.97. The smallest absolute Gasteiger partial charge is 0.229 e. The quantitative estimate of drug-likeness (QED) is 0.929. The summed E-state index contributed by atoms with van der Waals surface area (Å²) >= 11 is 0. The Morgan fingerprint density at radius 1 is 1.33 bits per heavy atom. The number of piperidine rings is 1. The number of benzene rings is 1. The number of nitrogens with zero attached hydrogens (tertiary/aromatic N) is 4. The van der Waals surface area contributed by atoms with Crippen LogP contribution in [0.3, 0.4) is 0 Å². The Bertz CT molecular complexity index is 695. The van der Waals surface area contributed by atoms with Gasteiger partial charge in [-0.1, -0.05) is 23.4 Å². The largest absolute Gasteiger partial charge is 0.338 e. The van der Waals surface area contributed by atoms with Gasteiger partial charge >= 0.3 is 0 Å². The maximum absolute atomic E-state index is 12.8. The van der Waals surface area contributed by atoms with E-state index in [1.165, 1.54) is 0 Å². The second kappa shape index (κ2) is 7.13. The topological polar surface area (TPSA) is 77.0 Å². The van der Waals surface area contributed by atoms with Gasteiger partial charge in [-0.15, -0.1) is 5.10 Å². The van der Waals surface area contributed by atoms with Gasteiger partial charge in [0.05, 0.1) is 23.5 Å². The molecule has 0 saturated carbocycles. The van der Waals surface area contributed by atoms with E-state index in [9.17, 15) is 4.79 Å². The summed E-state index contributed by atoms with van der Waals surface area (Å²) in [6.45, 7) is 4.72. The Labute approximate surface area is 142 Å². The van der Waals surface area contributed by atoms with Crippen LogP contribution in [-0.4, -0.2) is 44.4 Å². The molecule has 1 fully saturated rings. The van der Waals surface area contributed by atoms with Crippen LogP contribution in [0.1, 0.15) is 37.6 Å². The highest BCUT2D eigenvalue weighted by Crippen LogP contribution is 2.21. The molecule has 2 heterocycles. The number of amides is 1. The monoisotopic (exact) mass is 327 g/mol. The highest BCUT2D eigenvalue weighted by atomic mass is 16.2. The molecule has 1 amide bonds. The van der Waals surface area contributed by atoms with Crippen molar-refractivity contribution >= 4 is 5.91 Å². The number of para-hydroxylation sites is 1. The standard InChI is InChI=1S/C18H25N5O/c1-13(19)17-10-6-7-11-22(17)18(24)12-16-14(2)23(21-20-16)15-8-4-3-5-9-15/h3-5,8-9,13,17H,6-7,10-12,19H2,1-2H3. The highest BCUT2D eigenvalue weighted by Gasteiger charge is 2.30. The number of likely N-dealkylation sites (tertiary alicyclic amines) is 1. The normalized spacial score (nSPS) is 19.3. The van der Waals surface area contributed by atoms with E-state index >= 15 is 0 Å². The van der Waals surface area contributed by atoms with Gasteiger partial charge in [0, 0.05) is 18.6 Å². The molecule has 6 heteroatoms. The molecule has 1 aromatic carbocycles. The van der Waals surface area contributed by atoms with Crippen molar-refractivity contribution in [2.24, 2.45) is 5.73 Å². The van der Waals surface area contributed by atoms with Gasteiger partial charge in [0.1, 0.15) is 0 Å². The van der Waals surface area contributed by atoms with Crippen LogP contribution < -0.4 is 5.73 Å². The molecule has 2 unspecified atom stereocenters. The van der Waals surface area contributed by atoms with Gasteiger partial charge in [-0.05, 0) is 45.2 Å². The Kier molecular flexibility index (Phi) is 4.94. The molecule has 24 heavy (non-hydrogen) atoms. The first kappa shape index (κ1) is 16.6. The van der Waals surface area contributed by atoms with Crippen molar-refractivity contribution in [1.29, 1.82) is 0 Å². The lowest BCUT2D eigenvalue weighted by Crippen LogP contribution is -2.52. The maximum Gasteiger partial charge on any atom is 0.229 e. The van der Waals surface area contributed by atoms with Crippen LogP contribution in [0.25, 0.3) is 5.69 Å². The minimum absolute atomic E-state index is 0.00431. The van der Waals surface area contributed by atoms with Crippen molar-refractivity contribution in [1.82, 2.24) is 19.9 Å². The molecule has 128 valence electrons. The predicted octanol–water partition coefficient (Wildman–Crippen LogP) is 1.85. The summed E-state index contributed by atoms with van der Waals surface area (Å²) in [5.41, 5.74) is 8.66. The minimum Gasteiger partial charge on any atom is -0.338 e. The van der Waals surface area contributed by atoms with Gasteiger partial charge in [0.2, 0.25) is 5.91 Å². The van der Waals surface area contributed by atoms with E-state index in [-0.39, 0.29) is 24.4 Å².